The van der Waals surface area contributed by atoms with Crippen LogP contribution < -0.4 is 0 Å². The van der Waals surface area contributed by atoms with E-state index in [2.05, 4.69) is 0 Å². The highest BCUT2D eigenvalue weighted by molar-refractivity contribution is 5.84. The van der Waals surface area contributed by atoms with Gasteiger partial charge in [-0.25, -0.2) is 9.59 Å². The van der Waals surface area contributed by atoms with E-state index in [9.17, 15) is 9.59 Å². The van der Waals surface area contributed by atoms with Crippen LogP contribution in [-0.2, 0) is 30.3 Å². The fraction of sp³-hybridized carbons (Fsp3) is 0.310. The standard InChI is InChI=1S/C29H31NO6/c1-3-33-28(34-4-2)25-27(31)36-26(23-18-12-7-13-19-23)24(22-16-10-6-11-17-22)30(25)29(32)35-20-21-14-8-5-9-15-21/h5-19,24-26,28H,3-4,20H2,1-2H3/t24-,25+,26+/m1/s1. The lowest BCUT2D eigenvalue weighted by Gasteiger charge is -2.46. The number of hydrogen-bond donors (Lipinski definition) is 0. The van der Waals surface area contributed by atoms with Crippen molar-refractivity contribution in [3.05, 3.63) is 108 Å². The highest BCUT2D eigenvalue weighted by Crippen LogP contribution is 2.43. The summed E-state index contributed by atoms with van der Waals surface area (Å²) in [4.78, 5) is 28.7. The summed E-state index contributed by atoms with van der Waals surface area (Å²) >= 11 is 0. The average Bonchev–Trinajstić information content (AvgIpc) is 2.92. The number of rotatable bonds is 9. The minimum atomic E-state index is -1.15. The van der Waals surface area contributed by atoms with Crippen molar-refractivity contribution in [2.45, 2.75) is 44.9 Å². The first-order chi connectivity index (χ1) is 17.6. The Morgan fingerprint density at radius 3 is 1.92 bits per heavy atom. The molecule has 4 rings (SSSR count). The Labute approximate surface area is 211 Å². The van der Waals surface area contributed by atoms with Crippen molar-refractivity contribution in [3.8, 4) is 0 Å². The van der Waals surface area contributed by atoms with Crippen molar-refractivity contribution < 1.29 is 28.5 Å². The molecule has 1 saturated heterocycles. The Morgan fingerprint density at radius 2 is 1.36 bits per heavy atom. The zero-order valence-electron chi connectivity index (χ0n) is 20.5. The van der Waals surface area contributed by atoms with Crippen LogP contribution in [0.4, 0.5) is 4.79 Å². The van der Waals surface area contributed by atoms with E-state index in [-0.39, 0.29) is 6.61 Å². The number of esters is 1. The van der Waals surface area contributed by atoms with E-state index in [1.54, 1.807) is 13.8 Å². The van der Waals surface area contributed by atoms with Crippen molar-refractivity contribution >= 4 is 12.1 Å². The normalized spacial score (nSPS) is 19.7. The number of cyclic esters (lactones) is 1. The molecule has 0 N–H and O–H groups in total. The number of amides is 1. The number of morpholine rings is 1. The first kappa shape index (κ1) is 25.4. The number of carbonyl (C=O) groups is 2. The predicted octanol–water partition coefficient (Wildman–Crippen LogP) is 5.43. The van der Waals surface area contributed by atoms with Crippen molar-refractivity contribution in [3.63, 3.8) is 0 Å². The third-order valence-corrected chi connectivity index (χ3v) is 5.98. The molecule has 1 amide bonds. The van der Waals surface area contributed by atoms with Crippen LogP contribution >= 0.6 is 0 Å². The number of nitrogens with zero attached hydrogens (tertiary/aromatic N) is 1. The van der Waals surface area contributed by atoms with Gasteiger partial charge in [0.05, 0.1) is 0 Å². The predicted molar refractivity (Wildman–Crippen MR) is 134 cm³/mol. The molecule has 188 valence electrons. The molecular weight excluding hydrogens is 458 g/mol. The highest BCUT2D eigenvalue weighted by atomic mass is 16.7. The highest BCUT2D eigenvalue weighted by Gasteiger charge is 2.52. The van der Waals surface area contributed by atoms with Gasteiger partial charge in [0.1, 0.15) is 12.6 Å². The molecule has 3 aromatic rings. The van der Waals surface area contributed by atoms with Gasteiger partial charge in [0.15, 0.2) is 18.4 Å². The second kappa shape index (κ2) is 12.3. The molecule has 1 fully saturated rings. The molecular formula is C29H31NO6. The van der Waals surface area contributed by atoms with E-state index < -0.39 is 36.5 Å². The third kappa shape index (κ3) is 5.75. The van der Waals surface area contributed by atoms with Gasteiger partial charge in [-0.15, -0.1) is 0 Å². The van der Waals surface area contributed by atoms with Gasteiger partial charge >= 0.3 is 12.1 Å². The molecule has 0 aliphatic carbocycles. The summed E-state index contributed by atoms with van der Waals surface area (Å²) in [6.07, 6.45) is -2.41. The van der Waals surface area contributed by atoms with E-state index in [0.29, 0.717) is 13.2 Å². The molecule has 0 aromatic heterocycles. The zero-order chi connectivity index (χ0) is 25.3. The summed E-state index contributed by atoms with van der Waals surface area (Å²) in [5.74, 6) is -0.611. The molecule has 36 heavy (non-hydrogen) atoms. The second-order valence-electron chi connectivity index (χ2n) is 8.30. The number of hydrogen-bond acceptors (Lipinski definition) is 6. The summed E-state index contributed by atoms with van der Waals surface area (Å²) in [7, 11) is 0. The van der Waals surface area contributed by atoms with Crippen molar-refractivity contribution in [1.82, 2.24) is 4.90 Å². The Balaban J connectivity index is 1.78. The maximum absolute atomic E-state index is 13.8. The minimum absolute atomic E-state index is 0.0589. The Bertz CT molecular complexity index is 1100. The van der Waals surface area contributed by atoms with Crippen LogP contribution in [0.5, 0.6) is 0 Å². The summed E-state index contributed by atoms with van der Waals surface area (Å²) in [5, 5.41) is 0. The van der Waals surface area contributed by atoms with E-state index in [0.717, 1.165) is 16.7 Å². The lowest BCUT2D eigenvalue weighted by molar-refractivity contribution is -0.217. The Kier molecular flexibility index (Phi) is 8.71. The van der Waals surface area contributed by atoms with Crippen LogP contribution in [0.15, 0.2) is 91.0 Å². The second-order valence-corrected chi connectivity index (χ2v) is 8.30. The maximum Gasteiger partial charge on any atom is 0.411 e. The van der Waals surface area contributed by atoms with E-state index in [1.165, 1.54) is 4.90 Å². The van der Waals surface area contributed by atoms with Gasteiger partial charge in [-0.05, 0) is 30.5 Å². The molecule has 1 aliphatic heterocycles. The van der Waals surface area contributed by atoms with Crippen LogP contribution in [0, 0.1) is 0 Å². The molecule has 0 bridgehead atoms. The molecule has 0 saturated carbocycles. The van der Waals surface area contributed by atoms with E-state index in [4.69, 9.17) is 18.9 Å². The van der Waals surface area contributed by atoms with Gasteiger partial charge in [-0.1, -0.05) is 91.0 Å². The van der Waals surface area contributed by atoms with Crippen LogP contribution in [0.25, 0.3) is 0 Å². The van der Waals surface area contributed by atoms with Gasteiger partial charge in [0.2, 0.25) is 0 Å². The molecule has 3 aromatic carbocycles. The molecule has 0 spiro atoms. The maximum atomic E-state index is 13.8. The largest absolute Gasteiger partial charge is 0.453 e. The van der Waals surface area contributed by atoms with Crippen molar-refractivity contribution in [1.29, 1.82) is 0 Å². The molecule has 1 heterocycles. The molecule has 0 unspecified atom stereocenters. The first-order valence-corrected chi connectivity index (χ1v) is 12.2. The fourth-order valence-electron chi connectivity index (χ4n) is 4.39. The van der Waals surface area contributed by atoms with Crippen molar-refractivity contribution in [2.75, 3.05) is 13.2 Å². The monoisotopic (exact) mass is 489 g/mol. The fourth-order valence-corrected chi connectivity index (χ4v) is 4.39. The third-order valence-electron chi connectivity index (χ3n) is 5.98. The smallest absolute Gasteiger partial charge is 0.411 e. The summed E-state index contributed by atoms with van der Waals surface area (Å²) in [6, 6.07) is 26.5. The topological polar surface area (TPSA) is 74.3 Å². The van der Waals surface area contributed by atoms with Gasteiger partial charge < -0.3 is 18.9 Å². The van der Waals surface area contributed by atoms with Crippen LogP contribution in [0.3, 0.4) is 0 Å². The van der Waals surface area contributed by atoms with Gasteiger partial charge in [0, 0.05) is 13.2 Å². The molecule has 1 aliphatic rings. The SMILES string of the molecule is CCOC(OCC)[C@@H]1C(=O)O[C@@H](c2ccccc2)[C@@H](c2ccccc2)N1C(=O)OCc1ccccc1. The van der Waals surface area contributed by atoms with Crippen LogP contribution in [0.1, 0.15) is 42.7 Å². The number of benzene rings is 3. The minimum Gasteiger partial charge on any atom is -0.453 e. The van der Waals surface area contributed by atoms with E-state index in [1.807, 2.05) is 91.0 Å². The Hall–Kier alpha value is -3.68. The zero-order valence-corrected chi connectivity index (χ0v) is 20.5. The first-order valence-electron chi connectivity index (χ1n) is 12.2. The quantitative estimate of drug-likeness (QED) is 0.295. The number of carbonyl (C=O) groups excluding carboxylic acids is 2. The summed E-state index contributed by atoms with van der Waals surface area (Å²) in [5.41, 5.74) is 2.40. The lowest BCUT2D eigenvalue weighted by Crippen LogP contribution is -2.60. The van der Waals surface area contributed by atoms with Crippen LogP contribution in [0.2, 0.25) is 0 Å². The molecule has 7 heteroatoms. The molecule has 7 nitrogen and oxygen atoms in total. The van der Waals surface area contributed by atoms with Crippen molar-refractivity contribution in [2.24, 2.45) is 0 Å². The molecule has 0 radical (unpaired) electrons. The summed E-state index contributed by atoms with van der Waals surface area (Å²) < 4.78 is 23.4. The number of ether oxygens (including phenoxy) is 4. The Morgan fingerprint density at radius 1 is 0.833 bits per heavy atom. The summed E-state index contributed by atoms with van der Waals surface area (Å²) in [6.45, 7) is 4.25. The average molecular weight is 490 g/mol. The van der Waals surface area contributed by atoms with Gasteiger partial charge in [-0.2, -0.15) is 0 Å². The van der Waals surface area contributed by atoms with Gasteiger partial charge in [-0.3, -0.25) is 4.90 Å². The van der Waals surface area contributed by atoms with Crippen LogP contribution in [-0.4, -0.2) is 42.5 Å². The lowest BCUT2D eigenvalue weighted by atomic mass is 9.91. The molecule has 3 atom stereocenters. The van der Waals surface area contributed by atoms with E-state index >= 15 is 0 Å². The van der Waals surface area contributed by atoms with Gasteiger partial charge in [0.25, 0.3) is 0 Å².